The Morgan fingerprint density at radius 3 is 3.22 bits per heavy atom. The van der Waals surface area contributed by atoms with Crippen LogP contribution in [0.4, 0.5) is 0 Å². The Labute approximate surface area is 110 Å². The van der Waals surface area contributed by atoms with Gasteiger partial charge in [0.1, 0.15) is 0 Å². The summed E-state index contributed by atoms with van der Waals surface area (Å²) in [5.74, 6) is 0.784. The van der Waals surface area contributed by atoms with Gasteiger partial charge in [-0.3, -0.25) is 4.79 Å². The summed E-state index contributed by atoms with van der Waals surface area (Å²) in [6, 6.07) is 5.80. The van der Waals surface area contributed by atoms with E-state index in [-0.39, 0.29) is 5.91 Å². The summed E-state index contributed by atoms with van der Waals surface area (Å²) in [5, 5.41) is 0. The minimum Gasteiger partial charge on any atom is -0.338 e. The molecule has 2 aromatic rings. The van der Waals surface area contributed by atoms with Gasteiger partial charge >= 0.3 is 0 Å². The highest BCUT2D eigenvalue weighted by atomic mass is 32.1. The number of fused-ring (bicyclic) bond motifs is 1. The molecule has 4 heteroatoms. The van der Waals surface area contributed by atoms with Gasteiger partial charge in [0.25, 0.3) is 5.91 Å². The number of likely N-dealkylation sites (tertiary alicyclic amines) is 1. The SMILES string of the molecule is C[C@@H]1CCCN(C(=O)c2ccc3ncsc3c2)C1. The first kappa shape index (κ1) is 11.7. The van der Waals surface area contributed by atoms with Crippen molar-refractivity contribution < 1.29 is 4.79 Å². The predicted molar refractivity (Wildman–Crippen MR) is 73.9 cm³/mol. The maximum atomic E-state index is 12.4. The Morgan fingerprint density at radius 2 is 2.39 bits per heavy atom. The molecule has 0 unspecified atom stereocenters. The van der Waals surface area contributed by atoms with Gasteiger partial charge in [0.2, 0.25) is 0 Å². The molecule has 1 aromatic heterocycles. The van der Waals surface area contributed by atoms with Gasteiger partial charge in [-0.2, -0.15) is 0 Å². The van der Waals surface area contributed by atoms with Gasteiger partial charge < -0.3 is 4.90 Å². The number of benzene rings is 1. The summed E-state index contributed by atoms with van der Waals surface area (Å²) < 4.78 is 1.09. The van der Waals surface area contributed by atoms with E-state index >= 15 is 0 Å². The summed E-state index contributed by atoms with van der Waals surface area (Å²) in [5.41, 5.74) is 3.59. The normalized spacial score (nSPS) is 20.3. The van der Waals surface area contributed by atoms with E-state index in [0.29, 0.717) is 5.92 Å². The van der Waals surface area contributed by atoms with Crippen LogP contribution in [0.3, 0.4) is 0 Å². The van der Waals surface area contributed by atoms with Gasteiger partial charge in [-0.1, -0.05) is 6.92 Å². The van der Waals surface area contributed by atoms with Crippen molar-refractivity contribution in [1.29, 1.82) is 0 Å². The van der Waals surface area contributed by atoms with Crippen molar-refractivity contribution >= 4 is 27.5 Å². The zero-order valence-corrected chi connectivity index (χ0v) is 11.2. The van der Waals surface area contributed by atoms with E-state index in [1.165, 1.54) is 6.42 Å². The quantitative estimate of drug-likeness (QED) is 0.789. The van der Waals surface area contributed by atoms with Crippen molar-refractivity contribution in [3.63, 3.8) is 0 Å². The lowest BCUT2D eigenvalue weighted by Crippen LogP contribution is -2.39. The van der Waals surface area contributed by atoms with Crippen LogP contribution in [0.2, 0.25) is 0 Å². The Kier molecular flexibility index (Phi) is 3.04. The van der Waals surface area contributed by atoms with Crippen molar-refractivity contribution in [2.24, 2.45) is 5.92 Å². The number of carbonyl (C=O) groups excluding carboxylic acids is 1. The molecule has 1 aliphatic rings. The third kappa shape index (κ3) is 2.12. The minimum atomic E-state index is 0.164. The average Bonchev–Trinajstić information content (AvgIpc) is 2.85. The van der Waals surface area contributed by atoms with E-state index in [1.54, 1.807) is 11.3 Å². The topological polar surface area (TPSA) is 33.2 Å². The maximum Gasteiger partial charge on any atom is 0.253 e. The molecule has 3 rings (SSSR count). The highest BCUT2D eigenvalue weighted by molar-refractivity contribution is 7.16. The van der Waals surface area contributed by atoms with Crippen molar-refractivity contribution in [3.05, 3.63) is 29.3 Å². The molecular weight excluding hydrogens is 244 g/mol. The van der Waals surface area contributed by atoms with E-state index in [1.807, 2.05) is 28.6 Å². The maximum absolute atomic E-state index is 12.4. The summed E-state index contributed by atoms with van der Waals surface area (Å²) >= 11 is 1.58. The molecule has 1 fully saturated rings. The number of thiazole rings is 1. The van der Waals surface area contributed by atoms with Crippen LogP contribution in [-0.2, 0) is 0 Å². The fourth-order valence-electron chi connectivity index (χ4n) is 2.54. The third-order valence-corrected chi connectivity index (χ3v) is 4.31. The number of carbonyl (C=O) groups is 1. The second kappa shape index (κ2) is 4.69. The van der Waals surface area contributed by atoms with E-state index in [9.17, 15) is 4.79 Å². The summed E-state index contributed by atoms with van der Waals surface area (Å²) in [6.07, 6.45) is 2.35. The monoisotopic (exact) mass is 260 g/mol. The second-order valence-corrected chi connectivity index (χ2v) is 5.92. The molecule has 3 nitrogen and oxygen atoms in total. The molecule has 94 valence electrons. The zero-order valence-electron chi connectivity index (χ0n) is 10.4. The molecule has 1 aliphatic heterocycles. The van der Waals surface area contributed by atoms with E-state index in [2.05, 4.69) is 11.9 Å². The molecule has 0 bridgehead atoms. The van der Waals surface area contributed by atoms with Crippen molar-refractivity contribution in [3.8, 4) is 0 Å². The molecule has 18 heavy (non-hydrogen) atoms. The van der Waals surface area contributed by atoms with E-state index in [0.717, 1.165) is 35.3 Å². The highest BCUT2D eigenvalue weighted by Crippen LogP contribution is 2.22. The van der Waals surface area contributed by atoms with Crippen LogP contribution in [-0.4, -0.2) is 28.9 Å². The molecular formula is C14H16N2OS. The standard InChI is InChI=1S/C14H16N2OS/c1-10-3-2-6-16(8-10)14(17)11-4-5-12-13(7-11)18-9-15-12/h4-5,7,9-10H,2-3,6,8H2,1H3/t10-/m1/s1. The fraction of sp³-hybridized carbons (Fsp3) is 0.429. The molecule has 1 amide bonds. The van der Waals surface area contributed by atoms with Gasteiger partial charge in [0.15, 0.2) is 0 Å². The lowest BCUT2D eigenvalue weighted by Gasteiger charge is -2.31. The summed E-state index contributed by atoms with van der Waals surface area (Å²) in [7, 11) is 0. The average molecular weight is 260 g/mol. The number of aromatic nitrogens is 1. The summed E-state index contributed by atoms with van der Waals surface area (Å²) in [6.45, 7) is 4.00. The van der Waals surface area contributed by atoms with Gasteiger partial charge in [-0.15, -0.1) is 11.3 Å². The zero-order chi connectivity index (χ0) is 12.5. The number of amides is 1. The fourth-order valence-corrected chi connectivity index (χ4v) is 3.26. The van der Waals surface area contributed by atoms with Gasteiger partial charge in [-0.05, 0) is 37.0 Å². The van der Waals surface area contributed by atoms with Crippen LogP contribution in [0, 0.1) is 5.92 Å². The van der Waals surface area contributed by atoms with Crippen LogP contribution in [0.1, 0.15) is 30.1 Å². The van der Waals surface area contributed by atoms with E-state index in [4.69, 9.17) is 0 Å². The van der Waals surface area contributed by atoms with Gasteiger partial charge in [-0.25, -0.2) is 4.98 Å². The lowest BCUT2D eigenvalue weighted by atomic mass is 9.99. The molecule has 0 spiro atoms. The molecule has 1 saturated heterocycles. The van der Waals surface area contributed by atoms with Gasteiger partial charge in [0, 0.05) is 18.7 Å². The molecule has 0 N–H and O–H groups in total. The summed E-state index contributed by atoms with van der Waals surface area (Å²) in [4.78, 5) is 18.6. The van der Waals surface area contributed by atoms with Crippen molar-refractivity contribution in [2.45, 2.75) is 19.8 Å². The Bertz CT molecular complexity index is 578. The number of nitrogens with zero attached hydrogens (tertiary/aromatic N) is 2. The van der Waals surface area contributed by atoms with Crippen LogP contribution in [0.5, 0.6) is 0 Å². The molecule has 0 radical (unpaired) electrons. The number of piperidine rings is 1. The molecule has 1 aromatic carbocycles. The molecule has 1 atom stereocenters. The molecule has 0 aliphatic carbocycles. The van der Waals surface area contributed by atoms with Crippen LogP contribution < -0.4 is 0 Å². The largest absolute Gasteiger partial charge is 0.338 e. The lowest BCUT2D eigenvalue weighted by molar-refractivity contribution is 0.0683. The molecule has 2 heterocycles. The number of hydrogen-bond donors (Lipinski definition) is 0. The molecule has 0 saturated carbocycles. The minimum absolute atomic E-state index is 0.164. The highest BCUT2D eigenvalue weighted by Gasteiger charge is 2.22. The van der Waals surface area contributed by atoms with Crippen molar-refractivity contribution in [2.75, 3.05) is 13.1 Å². The van der Waals surface area contributed by atoms with Crippen LogP contribution >= 0.6 is 11.3 Å². The van der Waals surface area contributed by atoms with Crippen LogP contribution in [0.25, 0.3) is 10.2 Å². The van der Waals surface area contributed by atoms with Crippen LogP contribution in [0.15, 0.2) is 23.7 Å². The van der Waals surface area contributed by atoms with Crippen molar-refractivity contribution in [1.82, 2.24) is 9.88 Å². The Morgan fingerprint density at radius 1 is 1.50 bits per heavy atom. The van der Waals surface area contributed by atoms with Gasteiger partial charge in [0.05, 0.1) is 15.7 Å². The number of rotatable bonds is 1. The third-order valence-electron chi connectivity index (χ3n) is 3.52. The first-order valence-electron chi connectivity index (χ1n) is 6.36. The smallest absolute Gasteiger partial charge is 0.253 e. The first-order valence-corrected chi connectivity index (χ1v) is 7.24. The second-order valence-electron chi connectivity index (χ2n) is 5.03. The predicted octanol–water partition coefficient (Wildman–Crippen LogP) is 3.17. The van der Waals surface area contributed by atoms with E-state index < -0.39 is 0 Å². The first-order chi connectivity index (χ1) is 8.74. The Balaban J connectivity index is 1.86. The number of hydrogen-bond acceptors (Lipinski definition) is 3. The Hall–Kier alpha value is -1.42.